The van der Waals surface area contributed by atoms with Crippen LogP contribution in [0, 0.1) is 27.7 Å². The zero-order valence-electron chi connectivity index (χ0n) is 16.7. The molecule has 27 heavy (non-hydrogen) atoms. The molecule has 0 bridgehead atoms. The van der Waals surface area contributed by atoms with Gasteiger partial charge < -0.3 is 8.85 Å². The molecule has 1 heterocycles. The molecule has 0 atom stereocenters. The highest BCUT2D eigenvalue weighted by molar-refractivity contribution is 6.81. The topological polar surface area (TPSA) is 18.5 Å². The molecule has 0 radical (unpaired) electrons. The van der Waals surface area contributed by atoms with E-state index in [0.29, 0.717) is 0 Å². The average Bonchev–Trinajstić information content (AvgIpc) is 2.60. The van der Waals surface area contributed by atoms with E-state index in [2.05, 4.69) is 82.8 Å². The van der Waals surface area contributed by atoms with Crippen LogP contribution in [-0.2, 0) is 6.42 Å². The second-order valence-electron chi connectivity index (χ2n) is 7.83. The van der Waals surface area contributed by atoms with E-state index in [4.69, 9.17) is 8.85 Å². The predicted octanol–water partition coefficient (Wildman–Crippen LogP) is 5.26. The zero-order chi connectivity index (χ0) is 19.2. The van der Waals surface area contributed by atoms with Crippen LogP contribution in [-0.4, -0.2) is 8.56 Å². The Morgan fingerprint density at radius 2 is 1.19 bits per heavy atom. The highest BCUT2D eigenvalue weighted by Crippen LogP contribution is 2.37. The van der Waals surface area contributed by atoms with Crippen LogP contribution in [0.5, 0.6) is 11.5 Å². The summed E-state index contributed by atoms with van der Waals surface area (Å²) < 4.78 is 13.5. The van der Waals surface area contributed by atoms with Gasteiger partial charge in [-0.15, -0.1) is 0 Å². The molecule has 1 aliphatic rings. The molecule has 138 valence electrons. The zero-order valence-corrected chi connectivity index (χ0v) is 17.7. The minimum atomic E-state index is -2.70. The smallest absolute Gasteiger partial charge is 0.492 e. The van der Waals surface area contributed by atoms with Gasteiger partial charge >= 0.3 is 8.56 Å². The fraction of sp³-hybridized carbons (Fsp3) is 0.250. The summed E-state index contributed by atoms with van der Waals surface area (Å²) >= 11 is 0. The molecule has 0 saturated heterocycles. The molecule has 3 aromatic rings. The molecule has 0 spiro atoms. The third-order valence-corrected chi connectivity index (χ3v) is 7.83. The molecule has 0 unspecified atom stereocenters. The lowest BCUT2D eigenvalue weighted by molar-refractivity contribution is 0.395. The second-order valence-corrected chi connectivity index (χ2v) is 10.7. The Kier molecular flexibility index (Phi) is 4.35. The Morgan fingerprint density at radius 3 is 1.67 bits per heavy atom. The normalized spacial score (nSPS) is 14.9. The summed E-state index contributed by atoms with van der Waals surface area (Å²) in [6.07, 6.45) is 0.828. The van der Waals surface area contributed by atoms with E-state index in [1.807, 2.05) is 6.07 Å². The molecule has 0 aromatic heterocycles. The quantitative estimate of drug-likeness (QED) is 0.541. The van der Waals surface area contributed by atoms with E-state index in [0.717, 1.165) is 23.1 Å². The molecule has 3 aromatic carbocycles. The minimum Gasteiger partial charge on any atom is -0.508 e. The molecular formula is C24H26O2Si. The number of rotatable bonds is 1. The monoisotopic (exact) mass is 374 g/mol. The van der Waals surface area contributed by atoms with Gasteiger partial charge in [-0.3, -0.25) is 0 Å². The van der Waals surface area contributed by atoms with Crippen LogP contribution in [0.25, 0.3) is 0 Å². The van der Waals surface area contributed by atoms with Gasteiger partial charge in [0.05, 0.1) is 0 Å². The summed E-state index contributed by atoms with van der Waals surface area (Å²) in [5.41, 5.74) is 7.39. The summed E-state index contributed by atoms with van der Waals surface area (Å²) in [4.78, 5) is 0. The SMILES string of the molecule is Cc1cc(C)c2c(c1)Cc1cc(C)cc(C)c1O[Si](C)(c1ccccc1)O2. The number of hydrogen-bond donors (Lipinski definition) is 0. The lowest BCUT2D eigenvalue weighted by Gasteiger charge is -2.34. The van der Waals surface area contributed by atoms with Crippen LogP contribution >= 0.6 is 0 Å². The molecule has 3 heteroatoms. The highest BCUT2D eigenvalue weighted by atomic mass is 28.4. The van der Waals surface area contributed by atoms with Crippen LogP contribution in [0.4, 0.5) is 0 Å². The molecule has 0 fully saturated rings. The van der Waals surface area contributed by atoms with Crippen LogP contribution in [0.15, 0.2) is 54.6 Å². The van der Waals surface area contributed by atoms with Crippen molar-refractivity contribution in [2.75, 3.05) is 0 Å². The summed E-state index contributed by atoms with van der Waals surface area (Å²) in [7, 11) is -2.70. The van der Waals surface area contributed by atoms with Gasteiger partial charge in [0.1, 0.15) is 11.5 Å². The van der Waals surface area contributed by atoms with Crippen molar-refractivity contribution >= 4 is 13.7 Å². The van der Waals surface area contributed by atoms with E-state index < -0.39 is 8.56 Å². The van der Waals surface area contributed by atoms with E-state index in [1.54, 1.807) is 0 Å². The van der Waals surface area contributed by atoms with Gasteiger partial charge in [-0.05, 0) is 49.9 Å². The first kappa shape index (κ1) is 17.9. The summed E-state index contributed by atoms with van der Waals surface area (Å²) in [6, 6.07) is 19.3. The van der Waals surface area contributed by atoms with Gasteiger partial charge in [-0.2, -0.15) is 0 Å². The minimum absolute atomic E-state index is 0.828. The largest absolute Gasteiger partial charge is 0.508 e. The van der Waals surface area contributed by atoms with Crippen molar-refractivity contribution in [2.45, 2.75) is 40.7 Å². The van der Waals surface area contributed by atoms with Crippen LogP contribution < -0.4 is 14.0 Å². The van der Waals surface area contributed by atoms with E-state index in [9.17, 15) is 0 Å². The Hall–Kier alpha value is -2.52. The van der Waals surface area contributed by atoms with Crippen molar-refractivity contribution in [3.63, 3.8) is 0 Å². The van der Waals surface area contributed by atoms with Crippen molar-refractivity contribution in [1.82, 2.24) is 0 Å². The van der Waals surface area contributed by atoms with Gasteiger partial charge in [0.2, 0.25) is 0 Å². The number of benzene rings is 3. The summed E-state index contributed by atoms with van der Waals surface area (Å²) in [5, 5.41) is 1.14. The average molecular weight is 375 g/mol. The first-order valence-electron chi connectivity index (χ1n) is 9.49. The number of fused-ring (bicyclic) bond motifs is 2. The summed E-state index contributed by atoms with van der Waals surface area (Å²) in [5.74, 6) is 1.98. The van der Waals surface area contributed by atoms with Gasteiger partial charge in [-0.1, -0.05) is 65.7 Å². The maximum atomic E-state index is 6.76. The number of hydrogen-bond acceptors (Lipinski definition) is 2. The van der Waals surface area contributed by atoms with Crippen molar-refractivity contribution in [1.29, 1.82) is 0 Å². The molecule has 0 amide bonds. The summed E-state index contributed by atoms with van der Waals surface area (Å²) in [6.45, 7) is 10.7. The molecule has 0 saturated carbocycles. The highest BCUT2D eigenvalue weighted by Gasteiger charge is 2.42. The van der Waals surface area contributed by atoms with Crippen molar-refractivity contribution in [2.24, 2.45) is 0 Å². The van der Waals surface area contributed by atoms with E-state index in [-0.39, 0.29) is 0 Å². The standard InChI is InChI=1S/C24H26O2Si/c1-16-11-18(3)23-20(13-16)15-21-14-17(2)12-19(4)24(21)26-27(5,25-23)22-9-7-6-8-10-22/h6-14H,15H2,1-5H3. The lowest BCUT2D eigenvalue weighted by atomic mass is 9.96. The fourth-order valence-electron chi connectivity index (χ4n) is 4.11. The van der Waals surface area contributed by atoms with Crippen LogP contribution in [0.2, 0.25) is 6.55 Å². The molecule has 0 aliphatic carbocycles. The molecular weight excluding hydrogens is 348 g/mol. The van der Waals surface area contributed by atoms with E-state index >= 15 is 0 Å². The Labute approximate surface area is 163 Å². The van der Waals surface area contributed by atoms with Gasteiger partial charge in [0.15, 0.2) is 0 Å². The molecule has 2 nitrogen and oxygen atoms in total. The third-order valence-electron chi connectivity index (χ3n) is 5.26. The molecule has 1 aliphatic heterocycles. The maximum Gasteiger partial charge on any atom is 0.492 e. The lowest BCUT2D eigenvalue weighted by Crippen LogP contribution is -2.57. The van der Waals surface area contributed by atoms with Crippen LogP contribution in [0.3, 0.4) is 0 Å². The third kappa shape index (κ3) is 3.28. The maximum absolute atomic E-state index is 6.76. The van der Waals surface area contributed by atoms with Gasteiger partial charge in [0.25, 0.3) is 0 Å². The Morgan fingerprint density at radius 1 is 0.704 bits per heavy atom. The first-order chi connectivity index (χ1) is 12.9. The molecule has 4 rings (SSSR count). The van der Waals surface area contributed by atoms with Crippen molar-refractivity contribution in [3.8, 4) is 11.5 Å². The first-order valence-corrected chi connectivity index (χ1v) is 11.8. The molecule has 0 N–H and O–H groups in total. The van der Waals surface area contributed by atoms with E-state index in [1.165, 1.54) is 33.4 Å². The van der Waals surface area contributed by atoms with Crippen LogP contribution in [0.1, 0.15) is 33.4 Å². The Bertz CT molecular complexity index is 949. The van der Waals surface area contributed by atoms with Crippen molar-refractivity contribution < 1.29 is 8.85 Å². The predicted molar refractivity (Wildman–Crippen MR) is 114 cm³/mol. The van der Waals surface area contributed by atoms with Gasteiger partial charge in [0, 0.05) is 18.2 Å². The van der Waals surface area contributed by atoms with Gasteiger partial charge in [-0.25, -0.2) is 0 Å². The fourth-order valence-corrected chi connectivity index (χ4v) is 6.55. The second kappa shape index (κ2) is 6.57. The van der Waals surface area contributed by atoms with Crippen molar-refractivity contribution in [3.05, 3.63) is 88.0 Å². The number of aryl methyl sites for hydroxylation is 4. The Balaban J connectivity index is 1.98.